The minimum atomic E-state index is 0.436. The lowest BCUT2D eigenvalue weighted by Crippen LogP contribution is -2.32. The van der Waals surface area contributed by atoms with Gasteiger partial charge in [0.25, 0.3) is 0 Å². The molecule has 92 valence electrons. The number of carbonyl (C=O) groups is 1. The second-order valence-corrected chi connectivity index (χ2v) is 6.14. The molecule has 2 atom stereocenters. The first-order valence-electron chi connectivity index (χ1n) is 7.23. The van der Waals surface area contributed by atoms with Crippen molar-refractivity contribution in [2.24, 2.45) is 23.7 Å². The second-order valence-electron chi connectivity index (χ2n) is 6.14. The first-order chi connectivity index (χ1) is 7.70. The summed E-state index contributed by atoms with van der Waals surface area (Å²) >= 11 is 0. The lowest BCUT2D eigenvalue weighted by molar-refractivity contribution is -0.128. The third-order valence-corrected chi connectivity index (χ3v) is 5.01. The SMILES string of the molecule is CCC1CCC(=O)C(C2CCC(C)CC2)C1. The summed E-state index contributed by atoms with van der Waals surface area (Å²) in [6, 6.07) is 0. The molecule has 2 rings (SSSR count). The molecule has 2 aliphatic rings. The molecule has 0 aromatic heterocycles. The van der Waals surface area contributed by atoms with E-state index in [2.05, 4.69) is 13.8 Å². The fourth-order valence-corrected chi connectivity index (χ4v) is 3.65. The zero-order valence-electron chi connectivity index (χ0n) is 10.9. The highest BCUT2D eigenvalue weighted by Crippen LogP contribution is 2.40. The second kappa shape index (κ2) is 5.33. The highest BCUT2D eigenvalue weighted by atomic mass is 16.1. The van der Waals surface area contributed by atoms with Crippen LogP contribution in [0.15, 0.2) is 0 Å². The Kier molecular flexibility index (Phi) is 4.05. The van der Waals surface area contributed by atoms with Gasteiger partial charge < -0.3 is 0 Å². The molecule has 0 heterocycles. The highest BCUT2D eigenvalue weighted by Gasteiger charge is 2.35. The molecule has 0 bridgehead atoms. The molecule has 0 aromatic carbocycles. The molecule has 16 heavy (non-hydrogen) atoms. The first-order valence-corrected chi connectivity index (χ1v) is 7.23. The summed E-state index contributed by atoms with van der Waals surface area (Å²) in [5, 5.41) is 0. The van der Waals surface area contributed by atoms with Crippen LogP contribution in [0.1, 0.15) is 65.2 Å². The standard InChI is InChI=1S/C15H26O/c1-3-12-6-9-15(16)14(10-12)13-7-4-11(2)5-8-13/h11-14H,3-10H2,1-2H3. The third-order valence-electron chi connectivity index (χ3n) is 5.01. The van der Waals surface area contributed by atoms with Crippen LogP contribution in [0, 0.1) is 23.7 Å². The average Bonchev–Trinajstić information content (AvgIpc) is 2.31. The maximum atomic E-state index is 12.0. The van der Waals surface area contributed by atoms with Crippen molar-refractivity contribution in [2.75, 3.05) is 0 Å². The van der Waals surface area contributed by atoms with Crippen LogP contribution >= 0.6 is 0 Å². The Morgan fingerprint density at radius 1 is 1.12 bits per heavy atom. The summed E-state index contributed by atoms with van der Waals surface area (Å²) in [7, 11) is 0. The number of hydrogen-bond acceptors (Lipinski definition) is 1. The molecule has 2 unspecified atom stereocenters. The molecule has 2 aliphatic carbocycles. The smallest absolute Gasteiger partial charge is 0.136 e. The lowest BCUT2D eigenvalue weighted by Gasteiger charge is -2.36. The van der Waals surface area contributed by atoms with Crippen LogP contribution in [0.25, 0.3) is 0 Å². The Bertz CT molecular complexity index is 238. The molecule has 0 spiro atoms. The maximum Gasteiger partial charge on any atom is 0.136 e. The molecule has 0 radical (unpaired) electrons. The number of Topliss-reactive ketones (excluding diaryl/α,β-unsaturated/α-hetero) is 1. The van der Waals surface area contributed by atoms with E-state index in [0.29, 0.717) is 11.7 Å². The normalized spacial score (nSPS) is 41.0. The van der Waals surface area contributed by atoms with E-state index in [-0.39, 0.29) is 0 Å². The van der Waals surface area contributed by atoms with Crippen molar-refractivity contribution >= 4 is 5.78 Å². The number of hydrogen-bond donors (Lipinski definition) is 0. The fourth-order valence-electron chi connectivity index (χ4n) is 3.65. The molecule has 1 heteroatoms. The molecular weight excluding hydrogens is 196 g/mol. The van der Waals surface area contributed by atoms with E-state index in [1.54, 1.807) is 0 Å². The molecule has 2 saturated carbocycles. The van der Waals surface area contributed by atoms with Gasteiger partial charge in [0.15, 0.2) is 0 Å². The van der Waals surface area contributed by atoms with E-state index in [9.17, 15) is 4.79 Å². The predicted octanol–water partition coefficient (Wildman–Crippen LogP) is 4.21. The van der Waals surface area contributed by atoms with Crippen LogP contribution in [0.2, 0.25) is 0 Å². The summed E-state index contributed by atoms with van der Waals surface area (Å²) < 4.78 is 0. The van der Waals surface area contributed by atoms with Crippen molar-refractivity contribution in [3.05, 3.63) is 0 Å². The van der Waals surface area contributed by atoms with Gasteiger partial charge >= 0.3 is 0 Å². The van der Waals surface area contributed by atoms with E-state index >= 15 is 0 Å². The van der Waals surface area contributed by atoms with Crippen LogP contribution in [-0.2, 0) is 4.79 Å². The van der Waals surface area contributed by atoms with Crippen LogP contribution in [-0.4, -0.2) is 5.78 Å². The molecule has 0 N–H and O–H groups in total. The predicted molar refractivity (Wildman–Crippen MR) is 67.3 cm³/mol. The Morgan fingerprint density at radius 3 is 2.44 bits per heavy atom. The maximum absolute atomic E-state index is 12.0. The lowest BCUT2D eigenvalue weighted by atomic mass is 9.68. The van der Waals surface area contributed by atoms with Crippen molar-refractivity contribution in [1.82, 2.24) is 0 Å². The van der Waals surface area contributed by atoms with Crippen LogP contribution in [0.4, 0.5) is 0 Å². The Labute approximate surface area is 100.0 Å². The zero-order chi connectivity index (χ0) is 11.5. The quantitative estimate of drug-likeness (QED) is 0.684. The summed E-state index contributed by atoms with van der Waals surface area (Å²) in [5.74, 6) is 3.49. The van der Waals surface area contributed by atoms with Gasteiger partial charge in [-0.25, -0.2) is 0 Å². The summed E-state index contributed by atoms with van der Waals surface area (Å²) in [5.41, 5.74) is 0. The van der Waals surface area contributed by atoms with Gasteiger partial charge in [-0.15, -0.1) is 0 Å². The monoisotopic (exact) mass is 222 g/mol. The number of ketones is 1. The van der Waals surface area contributed by atoms with Gasteiger partial charge in [-0.3, -0.25) is 4.79 Å². The Balaban J connectivity index is 1.93. The molecule has 0 aliphatic heterocycles. The summed E-state index contributed by atoms with van der Waals surface area (Å²) in [6.07, 6.45) is 9.84. The minimum absolute atomic E-state index is 0.436. The van der Waals surface area contributed by atoms with Crippen LogP contribution in [0.5, 0.6) is 0 Å². The van der Waals surface area contributed by atoms with Gasteiger partial charge in [-0.05, 0) is 43.4 Å². The van der Waals surface area contributed by atoms with E-state index in [4.69, 9.17) is 0 Å². The zero-order valence-corrected chi connectivity index (χ0v) is 10.9. The molecule has 1 nitrogen and oxygen atoms in total. The van der Waals surface area contributed by atoms with Crippen molar-refractivity contribution in [3.8, 4) is 0 Å². The van der Waals surface area contributed by atoms with Crippen molar-refractivity contribution < 1.29 is 4.79 Å². The summed E-state index contributed by atoms with van der Waals surface area (Å²) in [6.45, 7) is 4.63. The van der Waals surface area contributed by atoms with E-state index in [1.807, 2.05) is 0 Å². The summed E-state index contributed by atoms with van der Waals surface area (Å²) in [4.78, 5) is 12.0. The molecule has 0 aromatic rings. The number of rotatable bonds is 2. The first kappa shape index (κ1) is 12.1. The van der Waals surface area contributed by atoms with Gasteiger partial charge in [-0.1, -0.05) is 33.1 Å². The van der Waals surface area contributed by atoms with Crippen LogP contribution < -0.4 is 0 Å². The Morgan fingerprint density at radius 2 is 1.81 bits per heavy atom. The topological polar surface area (TPSA) is 17.1 Å². The highest BCUT2D eigenvalue weighted by molar-refractivity contribution is 5.82. The third kappa shape index (κ3) is 2.67. The van der Waals surface area contributed by atoms with Crippen LogP contribution in [0.3, 0.4) is 0 Å². The van der Waals surface area contributed by atoms with E-state index < -0.39 is 0 Å². The van der Waals surface area contributed by atoms with Crippen molar-refractivity contribution in [1.29, 1.82) is 0 Å². The van der Waals surface area contributed by atoms with E-state index in [1.165, 1.54) is 38.5 Å². The van der Waals surface area contributed by atoms with Crippen molar-refractivity contribution in [3.63, 3.8) is 0 Å². The molecule has 0 amide bonds. The van der Waals surface area contributed by atoms with Gasteiger partial charge in [0.2, 0.25) is 0 Å². The van der Waals surface area contributed by atoms with Gasteiger partial charge in [-0.2, -0.15) is 0 Å². The minimum Gasteiger partial charge on any atom is -0.299 e. The van der Waals surface area contributed by atoms with Gasteiger partial charge in [0.1, 0.15) is 5.78 Å². The average molecular weight is 222 g/mol. The molecular formula is C15H26O. The Hall–Kier alpha value is -0.330. The number of carbonyl (C=O) groups excluding carboxylic acids is 1. The fraction of sp³-hybridized carbons (Fsp3) is 0.933. The molecule has 0 saturated heterocycles. The van der Waals surface area contributed by atoms with Gasteiger partial charge in [0, 0.05) is 12.3 Å². The largest absolute Gasteiger partial charge is 0.299 e. The molecule has 2 fully saturated rings. The van der Waals surface area contributed by atoms with Gasteiger partial charge in [0.05, 0.1) is 0 Å². The van der Waals surface area contributed by atoms with E-state index in [0.717, 1.165) is 30.6 Å². The van der Waals surface area contributed by atoms with Crippen molar-refractivity contribution in [2.45, 2.75) is 65.2 Å².